The van der Waals surface area contributed by atoms with Crippen molar-refractivity contribution in [3.8, 4) is 0 Å². The Bertz CT molecular complexity index is 802. The molecule has 0 aromatic heterocycles. The predicted octanol–water partition coefficient (Wildman–Crippen LogP) is 2.46. The zero-order valence-corrected chi connectivity index (χ0v) is 15.9. The number of guanidine groups is 2. The lowest BCUT2D eigenvalue weighted by molar-refractivity contribution is 0.314. The van der Waals surface area contributed by atoms with E-state index in [1.165, 1.54) is 5.56 Å². The lowest BCUT2D eigenvalue weighted by Crippen LogP contribution is -2.67. The number of rotatable bonds is 6. The quantitative estimate of drug-likeness (QED) is 0.632. The Kier molecular flexibility index (Phi) is 5.76. The van der Waals surface area contributed by atoms with Crippen LogP contribution in [-0.4, -0.2) is 24.3 Å². The largest absolute Gasteiger partial charge is 0.370 e. The molecule has 2 aromatic rings. The van der Waals surface area contributed by atoms with E-state index in [4.69, 9.17) is 11.5 Å². The molecule has 6 nitrogen and oxygen atoms in total. The van der Waals surface area contributed by atoms with Crippen LogP contribution in [0.2, 0.25) is 0 Å². The first-order valence-corrected chi connectivity index (χ1v) is 9.35. The topological polar surface area (TPSA) is 101 Å². The van der Waals surface area contributed by atoms with E-state index in [1.54, 1.807) is 0 Å². The lowest BCUT2D eigenvalue weighted by Gasteiger charge is -2.38. The van der Waals surface area contributed by atoms with Gasteiger partial charge in [-0.05, 0) is 17.5 Å². The smallest absolute Gasteiger partial charge is 0.201 e. The number of aliphatic imine (C=N–C) groups is 2. The van der Waals surface area contributed by atoms with Gasteiger partial charge in [0.25, 0.3) is 0 Å². The number of nitrogens with two attached hydrogens (primary N) is 2. The second-order valence-corrected chi connectivity index (χ2v) is 6.94. The fourth-order valence-electron chi connectivity index (χ4n) is 3.44. The van der Waals surface area contributed by atoms with Crippen LogP contribution in [0.1, 0.15) is 43.2 Å². The molecule has 0 aliphatic carbocycles. The van der Waals surface area contributed by atoms with Gasteiger partial charge in [0.05, 0.1) is 0 Å². The minimum Gasteiger partial charge on any atom is -0.370 e. The molecule has 1 aliphatic heterocycles. The Balaban J connectivity index is 1.79. The number of hydrogen-bond donors (Lipinski definition) is 4. The van der Waals surface area contributed by atoms with E-state index < -0.39 is 5.79 Å². The van der Waals surface area contributed by atoms with E-state index in [9.17, 15) is 0 Å². The first-order chi connectivity index (χ1) is 13.0. The van der Waals surface area contributed by atoms with Crippen molar-refractivity contribution < 1.29 is 0 Å². The summed E-state index contributed by atoms with van der Waals surface area (Å²) in [5.74, 6) is 0.0425. The summed E-state index contributed by atoms with van der Waals surface area (Å²) in [6.45, 7) is 4.86. The van der Waals surface area contributed by atoms with Crippen molar-refractivity contribution >= 4 is 11.9 Å². The van der Waals surface area contributed by atoms with E-state index in [0.29, 0.717) is 12.5 Å². The molecule has 1 aliphatic rings. The number of nitrogens with zero attached hydrogens (tertiary/aromatic N) is 2. The summed E-state index contributed by atoms with van der Waals surface area (Å²) in [6, 6.07) is 20.4. The Morgan fingerprint density at radius 3 is 2.22 bits per heavy atom. The van der Waals surface area contributed by atoms with Crippen molar-refractivity contribution in [3.63, 3.8) is 0 Å². The van der Waals surface area contributed by atoms with Crippen molar-refractivity contribution in [2.45, 2.75) is 37.9 Å². The monoisotopic (exact) mass is 364 g/mol. The molecule has 0 bridgehead atoms. The Labute approximate surface area is 160 Å². The van der Waals surface area contributed by atoms with E-state index in [-0.39, 0.29) is 17.8 Å². The van der Waals surface area contributed by atoms with Crippen molar-refractivity contribution in [2.24, 2.45) is 21.5 Å². The second-order valence-electron chi connectivity index (χ2n) is 6.94. The van der Waals surface area contributed by atoms with Gasteiger partial charge in [-0.1, -0.05) is 74.5 Å². The van der Waals surface area contributed by atoms with Crippen LogP contribution in [0.25, 0.3) is 0 Å². The van der Waals surface area contributed by atoms with Crippen molar-refractivity contribution in [1.82, 2.24) is 10.6 Å². The van der Waals surface area contributed by atoms with Gasteiger partial charge in [-0.15, -0.1) is 0 Å². The molecule has 3 rings (SSSR count). The number of hydrogen-bond acceptors (Lipinski definition) is 4. The molecular formula is C21H28N6. The second kappa shape index (κ2) is 8.22. The summed E-state index contributed by atoms with van der Waals surface area (Å²) in [7, 11) is 0. The highest BCUT2D eigenvalue weighted by molar-refractivity contribution is 6.00. The first-order valence-electron chi connectivity index (χ1n) is 9.35. The Morgan fingerprint density at radius 2 is 1.63 bits per heavy atom. The minimum atomic E-state index is -1.04. The molecule has 27 heavy (non-hydrogen) atoms. The summed E-state index contributed by atoms with van der Waals surface area (Å²) in [5, 5.41) is 6.26. The van der Waals surface area contributed by atoms with Gasteiger partial charge >= 0.3 is 0 Å². The fourth-order valence-corrected chi connectivity index (χ4v) is 3.44. The normalized spacial score (nSPS) is 23.1. The molecule has 0 spiro atoms. The standard InChI is InChI=1S/C21H28N6/c1-3-18(17-12-8-5-9-13-17)21(23)26-19(22)25-20(27-21)24-14-15(2)16-10-6-4-7-11-16/h4-13,15,18H,3,14,23H2,1-2H3,(H4,22,24,25,26,27)/t15?,18-,21?/m0/s1. The summed E-state index contributed by atoms with van der Waals surface area (Å²) in [4.78, 5) is 9.14. The van der Waals surface area contributed by atoms with Crippen LogP contribution < -0.4 is 22.1 Å². The average molecular weight is 364 g/mol. The minimum absolute atomic E-state index is 0.0314. The van der Waals surface area contributed by atoms with Gasteiger partial charge in [0.15, 0.2) is 11.7 Å². The van der Waals surface area contributed by atoms with Crippen LogP contribution in [0.3, 0.4) is 0 Å². The maximum absolute atomic E-state index is 6.64. The molecule has 0 fully saturated rings. The molecule has 0 saturated heterocycles. The number of nitrogens with one attached hydrogen (secondary N) is 2. The van der Waals surface area contributed by atoms with Crippen LogP contribution in [-0.2, 0) is 0 Å². The zero-order chi connectivity index (χ0) is 19.3. The van der Waals surface area contributed by atoms with Crippen molar-refractivity contribution in [2.75, 3.05) is 6.54 Å². The molecule has 0 radical (unpaired) electrons. The fraction of sp³-hybridized carbons (Fsp3) is 0.333. The van der Waals surface area contributed by atoms with E-state index in [0.717, 1.165) is 12.0 Å². The highest BCUT2D eigenvalue weighted by Crippen LogP contribution is 2.30. The van der Waals surface area contributed by atoms with Crippen LogP contribution in [0.4, 0.5) is 0 Å². The van der Waals surface area contributed by atoms with Crippen molar-refractivity contribution in [3.05, 3.63) is 71.8 Å². The molecule has 0 amide bonds. The van der Waals surface area contributed by atoms with E-state index in [2.05, 4.69) is 58.7 Å². The summed E-state index contributed by atoms with van der Waals surface area (Å²) in [6.07, 6.45) is 0.817. The maximum Gasteiger partial charge on any atom is 0.201 e. The van der Waals surface area contributed by atoms with Gasteiger partial charge in [-0.25, -0.2) is 4.99 Å². The molecule has 142 valence electrons. The van der Waals surface area contributed by atoms with Gasteiger partial charge in [-0.2, -0.15) is 0 Å². The molecule has 0 saturated carbocycles. The summed E-state index contributed by atoms with van der Waals surface area (Å²) < 4.78 is 0. The average Bonchev–Trinajstić information content (AvgIpc) is 2.67. The van der Waals surface area contributed by atoms with E-state index >= 15 is 0 Å². The van der Waals surface area contributed by atoms with Crippen molar-refractivity contribution in [1.29, 1.82) is 0 Å². The van der Waals surface area contributed by atoms with Crippen LogP contribution in [0.15, 0.2) is 70.6 Å². The molecule has 1 heterocycles. The maximum atomic E-state index is 6.64. The SMILES string of the molecule is CC[C@@H](c1ccccc1)C1(N)N=C(N)NC(=NCC(C)c2ccccc2)N1. The van der Waals surface area contributed by atoms with Gasteiger partial charge < -0.3 is 11.1 Å². The third-order valence-electron chi connectivity index (χ3n) is 4.90. The molecular weight excluding hydrogens is 336 g/mol. The molecule has 2 unspecified atom stereocenters. The zero-order valence-electron chi connectivity index (χ0n) is 15.9. The first kappa shape index (κ1) is 18.9. The predicted molar refractivity (Wildman–Crippen MR) is 111 cm³/mol. The number of benzene rings is 2. The molecule has 6 heteroatoms. The van der Waals surface area contributed by atoms with Crippen LogP contribution >= 0.6 is 0 Å². The molecule has 3 atom stereocenters. The van der Waals surface area contributed by atoms with Gasteiger partial charge in [0, 0.05) is 18.4 Å². The van der Waals surface area contributed by atoms with E-state index in [1.807, 2.05) is 36.4 Å². The van der Waals surface area contributed by atoms with Crippen LogP contribution in [0, 0.1) is 0 Å². The lowest BCUT2D eigenvalue weighted by atomic mass is 9.89. The third-order valence-corrected chi connectivity index (χ3v) is 4.90. The molecule has 6 N–H and O–H groups in total. The van der Waals surface area contributed by atoms with Gasteiger partial charge in [0.2, 0.25) is 5.96 Å². The summed E-state index contributed by atoms with van der Waals surface area (Å²) in [5.41, 5.74) is 15.0. The highest BCUT2D eigenvalue weighted by atomic mass is 15.4. The molecule has 2 aromatic carbocycles. The van der Waals surface area contributed by atoms with Gasteiger partial charge in [0.1, 0.15) is 0 Å². The summed E-state index contributed by atoms with van der Waals surface area (Å²) >= 11 is 0. The Morgan fingerprint density at radius 1 is 1.04 bits per heavy atom. The third kappa shape index (κ3) is 4.46. The van der Waals surface area contributed by atoms with Gasteiger partial charge in [-0.3, -0.25) is 16.0 Å². The highest BCUT2D eigenvalue weighted by Gasteiger charge is 2.38. The Hall–Kier alpha value is -2.86. The van der Waals surface area contributed by atoms with Crippen LogP contribution in [0.5, 0.6) is 0 Å².